The van der Waals surface area contributed by atoms with Crippen LogP contribution in [0.3, 0.4) is 0 Å². The van der Waals surface area contributed by atoms with Crippen molar-refractivity contribution in [1.29, 1.82) is 0 Å². The normalized spacial score (nSPS) is 18.8. The molecule has 0 amide bonds. The highest BCUT2D eigenvalue weighted by molar-refractivity contribution is 5.81. The molecule has 0 radical (unpaired) electrons. The number of carbonyl (C=O) groups is 1. The fourth-order valence-electron chi connectivity index (χ4n) is 1.97. The van der Waals surface area contributed by atoms with Gasteiger partial charge < -0.3 is 9.47 Å². The summed E-state index contributed by atoms with van der Waals surface area (Å²) in [4.78, 5) is 12.3. The van der Waals surface area contributed by atoms with Crippen molar-refractivity contribution < 1.29 is 14.3 Å². The molecule has 0 unspecified atom stereocenters. The molecular weight excluding hydrogens is 228 g/mol. The summed E-state index contributed by atoms with van der Waals surface area (Å²) < 4.78 is 11.3. The zero-order chi connectivity index (χ0) is 14.2. The van der Waals surface area contributed by atoms with E-state index in [2.05, 4.69) is 6.58 Å². The zero-order valence-corrected chi connectivity index (χ0v) is 12.6. The quantitative estimate of drug-likeness (QED) is 0.567. The lowest BCUT2D eigenvalue weighted by Crippen LogP contribution is -2.45. The van der Waals surface area contributed by atoms with Crippen molar-refractivity contribution in [1.82, 2.24) is 0 Å². The van der Waals surface area contributed by atoms with Crippen LogP contribution in [0.4, 0.5) is 0 Å². The molecule has 0 N–H and O–H groups in total. The van der Waals surface area contributed by atoms with Gasteiger partial charge in [-0.1, -0.05) is 13.0 Å². The van der Waals surface area contributed by atoms with E-state index in [9.17, 15) is 4.79 Å². The minimum atomic E-state index is -0.624. The summed E-state index contributed by atoms with van der Waals surface area (Å²) in [6, 6.07) is 0. The van der Waals surface area contributed by atoms with Gasteiger partial charge in [-0.2, -0.15) is 0 Å². The third kappa shape index (κ3) is 3.50. The van der Waals surface area contributed by atoms with E-state index < -0.39 is 11.0 Å². The Kier molecular flexibility index (Phi) is 3.85. The lowest BCUT2D eigenvalue weighted by atomic mass is 9.67. The molecule has 0 heterocycles. The molecule has 0 atom stereocenters. The molecule has 0 aliphatic heterocycles. The van der Waals surface area contributed by atoms with Gasteiger partial charge in [-0.3, -0.25) is 4.79 Å². The summed E-state index contributed by atoms with van der Waals surface area (Å²) in [7, 11) is 0. The fourth-order valence-corrected chi connectivity index (χ4v) is 1.97. The summed E-state index contributed by atoms with van der Waals surface area (Å²) in [5.74, 6) is 0.353. The van der Waals surface area contributed by atoms with Crippen molar-refractivity contribution in [2.24, 2.45) is 5.41 Å². The maximum Gasteiger partial charge on any atom is 0.320 e. The first-order valence-electron chi connectivity index (χ1n) is 6.58. The Morgan fingerprint density at radius 1 is 1.00 bits per heavy atom. The molecule has 1 saturated carbocycles. The minimum Gasteiger partial charge on any atom is -0.492 e. The maximum absolute atomic E-state index is 12.3. The largest absolute Gasteiger partial charge is 0.492 e. The van der Waals surface area contributed by atoms with Crippen LogP contribution in [0.15, 0.2) is 12.3 Å². The smallest absolute Gasteiger partial charge is 0.320 e. The number of hydrogen-bond donors (Lipinski definition) is 0. The second kappa shape index (κ2) is 4.60. The molecule has 104 valence electrons. The van der Waals surface area contributed by atoms with Crippen LogP contribution in [0.2, 0.25) is 0 Å². The van der Waals surface area contributed by atoms with Crippen molar-refractivity contribution in [2.45, 2.75) is 72.0 Å². The average Bonchev–Trinajstić information content (AvgIpc) is 1.92. The summed E-state index contributed by atoms with van der Waals surface area (Å²) >= 11 is 0. The van der Waals surface area contributed by atoms with Gasteiger partial charge in [0.25, 0.3) is 0 Å². The molecule has 3 nitrogen and oxygen atoms in total. The summed E-state index contributed by atoms with van der Waals surface area (Å²) in [5.41, 5.74) is -1.43. The summed E-state index contributed by atoms with van der Waals surface area (Å²) in [6.45, 7) is 15.5. The second-order valence-electron chi connectivity index (χ2n) is 7.08. The first kappa shape index (κ1) is 15.1. The first-order chi connectivity index (χ1) is 7.96. The average molecular weight is 254 g/mol. The minimum absolute atomic E-state index is 0.199. The predicted octanol–water partition coefficient (Wildman–Crippen LogP) is 3.83. The number of ether oxygens (including phenoxy) is 2. The number of rotatable bonds is 3. The molecule has 0 aromatic carbocycles. The van der Waals surface area contributed by atoms with Crippen LogP contribution < -0.4 is 0 Å². The van der Waals surface area contributed by atoms with Crippen LogP contribution in [-0.2, 0) is 14.3 Å². The van der Waals surface area contributed by atoms with E-state index >= 15 is 0 Å². The monoisotopic (exact) mass is 254 g/mol. The molecule has 1 aliphatic carbocycles. The Hall–Kier alpha value is -0.990. The first-order valence-corrected chi connectivity index (χ1v) is 6.58. The third-order valence-electron chi connectivity index (χ3n) is 2.96. The Morgan fingerprint density at radius 2 is 1.44 bits per heavy atom. The lowest BCUT2D eigenvalue weighted by molar-refractivity contribution is -0.174. The van der Waals surface area contributed by atoms with Crippen molar-refractivity contribution in [3.63, 3.8) is 0 Å². The van der Waals surface area contributed by atoms with Gasteiger partial charge >= 0.3 is 5.97 Å². The molecule has 0 spiro atoms. The van der Waals surface area contributed by atoms with Crippen LogP contribution in [-0.4, -0.2) is 17.2 Å². The van der Waals surface area contributed by atoms with Crippen LogP contribution in [0.5, 0.6) is 0 Å². The summed E-state index contributed by atoms with van der Waals surface area (Å²) in [5, 5.41) is 0. The highest BCUT2D eigenvalue weighted by Crippen LogP contribution is 2.49. The van der Waals surface area contributed by atoms with Crippen LogP contribution in [0, 0.1) is 5.41 Å². The molecule has 1 rings (SSSR count). The zero-order valence-electron chi connectivity index (χ0n) is 12.6. The molecule has 18 heavy (non-hydrogen) atoms. The molecule has 0 bridgehead atoms. The second-order valence-corrected chi connectivity index (χ2v) is 7.08. The van der Waals surface area contributed by atoms with Crippen molar-refractivity contribution in [3.8, 4) is 0 Å². The Labute approximate surface area is 111 Å². The molecule has 1 fully saturated rings. The Bertz CT molecular complexity index is 308. The van der Waals surface area contributed by atoms with Crippen LogP contribution >= 0.6 is 0 Å². The number of carbonyl (C=O) groups excluding carboxylic acids is 1. The third-order valence-corrected chi connectivity index (χ3v) is 2.96. The van der Waals surface area contributed by atoms with E-state index in [1.54, 1.807) is 0 Å². The lowest BCUT2D eigenvalue weighted by Gasteiger charge is -2.43. The fraction of sp³-hybridized carbons (Fsp3) is 0.800. The van der Waals surface area contributed by atoms with Crippen LogP contribution in [0.1, 0.15) is 60.8 Å². The van der Waals surface area contributed by atoms with Gasteiger partial charge in [0.05, 0.1) is 0 Å². The van der Waals surface area contributed by atoms with Crippen molar-refractivity contribution in [3.05, 3.63) is 12.3 Å². The summed E-state index contributed by atoms with van der Waals surface area (Å²) in [6.07, 6.45) is 2.57. The standard InChI is InChI=1S/C15H26O3/c1-11(17-13(2,3)4)15(9-8-10-15)12(16)18-14(5,6)7/h1,8-10H2,2-7H3. The van der Waals surface area contributed by atoms with E-state index in [-0.39, 0.29) is 11.6 Å². The van der Waals surface area contributed by atoms with E-state index in [1.807, 2.05) is 41.5 Å². The molecular formula is C15H26O3. The topological polar surface area (TPSA) is 35.5 Å². The predicted molar refractivity (Wildman–Crippen MR) is 72.1 cm³/mol. The Morgan fingerprint density at radius 3 is 1.72 bits per heavy atom. The SMILES string of the molecule is C=C(OC(C)(C)C)C1(C(=O)OC(C)(C)C)CCC1. The van der Waals surface area contributed by atoms with E-state index in [0.717, 1.165) is 19.3 Å². The molecule has 0 saturated heterocycles. The van der Waals surface area contributed by atoms with E-state index in [1.165, 1.54) is 0 Å². The number of esters is 1. The highest BCUT2D eigenvalue weighted by Gasteiger charge is 2.51. The van der Waals surface area contributed by atoms with Gasteiger partial charge in [-0.15, -0.1) is 0 Å². The van der Waals surface area contributed by atoms with E-state index in [4.69, 9.17) is 9.47 Å². The van der Waals surface area contributed by atoms with Crippen LogP contribution in [0.25, 0.3) is 0 Å². The molecule has 1 aliphatic rings. The van der Waals surface area contributed by atoms with Gasteiger partial charge in [-0.25, -0.2) is 0 Å². The maximum atomic E-state index is 12.3. The Balaban J connectivity index is 2.80. The van der Waals surface area contributed by atoms with Gasteiger partial charge in [0.1, 0.15) is 22.4 Å². The van der Waals surface area contributed by atoms with Gasteiger partial charge in [0.2, 0.25) is 0 Å². The molecule has 0 aromatic rings. The van der Waals surface area contributed by atoms with Gasteiger partial charge in [0.15, 0.2) is 0 Å². The number of hydrogen-bond acceptors (Lipinski definition) is 3. The molecule has 3 heteroatoms. The van der Waals surface area contributed by atoms with Crippen molar-refractivity contribution in [2.75, 3.05) is 0 Å². The van der Waals surface area contributed by atoms with Crippen molar-refractivity contribution >= 4 is 5.97 Å². The highest BCUT2D eigenvalue weighted by atomic mass is 16.6. The molecule has 0 aromatic heterocycles. The van der Waals surface area contributed by atoms with Gasteiger partial charge in [-0.05, 0) is 54.4 Å². The van der Waals surface area contributed by atoms with E-state index in [0.29, 0.717) is 5.76 Å². The van der Waals surface area contributed by atoms with Gasteiger partial charge in [0, 0.05) is 0 Å².